The predicted molar refractivity (Wildman–Crippen MR) is 76.2 cm³/mol. The third kappa shape index (κ3) is 3.03. The van der Waals surface area contributed by atoms with Crippen LogP contribution in [-0.2, 0) is 4.79 Å². The number of carbonyl (C=O) groups excluding carboxylic acids is 1. The molecule has 0 radical (unpaired) electrons. The standard InChI is InChI=1S/C14H12N2O3S/c17-14(8-20-11-3-5-15-6-4-11)16-10-1-2-12-13(7-10)19-9-18-12/h1-7H,8-9H2,(H,16,17). The van der Waals surface area contributed by atoms with Crippen LogP contribution in [0.4, 0.5) is 5.69 Å². The van der Waals surface area contributed by atoms with E-state index in [9.17, 15) is 4.79 Å². The Balaban J connectivity index is 1.56. The molecule has 1 aromatic heterocycles. The van der Waals surface area contributed by atoms with E-state index in [0.717, 1.165) is 4.90 Å². The molecule has 0 saturated heterocycles. The third-order valence-electron chi connectivity index (χ3n) is 2.68. The summed E-state index contributed by atoms with van der Waals surface area (Å²) in [5.41, 5.74) is 0.703. The molecule has 2 aromatic rings. The smallest absolute Gasteiger partial charge is 0.234 e. The molecule has 0 aliphatic carbocycles. The van der Waals surface area contributed by atoms with Gasteiger partial charge in [0.2, 0.25) is 12.7 Å². The first-order valence-corrected chi connectivity index (χ1v) is 7.02. The highest BCUT2D eigenvalue weighted by Crippen LogP contribution is 2.34. The van der Waals surface area contributed by atoms with Gasteiger partial charge in [0.25, 0.3) is 0 Å². The predicted octanol–water partition coefficient (Wildman–Crippen LogP) is 2.54. The summed E-state index contributed by atoms with van der Waals surface area (Å²) in [6, 6.07) is 9.09. The number of aromatic nitrogens is 1. The fraction of sp³-hybridized carbons (Fsp3) is 0.143. The summed E-state index contributed by atoms with van der Waals surface area (Å²) in [5, 5.41) is 2.83. The van der Waals surface area contributed by atoms with Crippen LogP contribution in [-0.4, -0.2) is 23.4 Å². The first kappa shape index (κ1) is 12.8. The van der Waals surface area contributed by atoms with Crippen LogP contribution in [0.3, 0.4) is 0 Å². The minimum absolute atomic E-state index is 0.0642. The molecule has 2 heterocycles. The van der Waals surface area contributed by atoms with E-state index in [1.165, 1.54) is 11.8 Å². The Morgan fingerprint density at radius 3 is 2.85 bits per heavy atom. The molecule has 1 aromatic carbocycles. The number of rotatable bonds is 4. The first-order valence-electron chi connectivity index (χ1n) is 6.03. The highest BCUT2D eigenvalue weighted by Gasteiger charge is 2.14. The van der Waals surface area contributed by atoms with Gasteiger partial charge in [-0.05, 0) is 24.3 Å². The van der Waals surface area contributed by atoms with Gasteiger partial charge < -0.3 is 14.8 Å². The van der Waals surface area contributed by atoms with Crippen LogP contribution >= 0.6 is 11.8 Å². The van der Waals surface area contributed by atoms with Crippen molar-refractivity contribution in [2.75, 3.05) is 17.9 Å². The van der Waals surface area contributed by atoms with Crippen molar-refractivity contribution in [3.05, 3.63) is 42.7 Å². The normalized spacial score (nSPS) is 12.2. The number of hydrogen-bond donors (Lipinski definition) is 1. The molecule has 1 aliphatic heterocycles. The Labute approximate surface area is 120 Å². The summed E-state index contributed by atoms with van der Waals surface area (Å²) in [6.45, 7) is 0.227. The number of hydrogen-bond acceptors (Lipinski definition) is 5. The van der Waals surface area contributed by atoms with E-state index in [-0.39, 0.29) is 12.7 Å². The van der Waals surface area contributed by atoms with Crippen molar-refractivity contribution in [2.45, 2.75) is 4.90 Å². The quantitative estimate of drug-likeness (QED) is 0.876. The minimum atomic E-state index is -0.0642. The Bertz CT molecular complexity index is 619. The molecular weight excluding hydrogens is 276 g/mol. The molecule has 102 valence electrons. The van der Waals surface area contributed by atoms with Crippen LogP contribution in [0.2, 0.25) is 0 Å². The van der Waals surface area contributed by atoms with Crippen LogP contribution in [0.1, 0.15) is 0 Å². The number of nitrogens with one attached hydrogen (secondary N) is 1. The van der Waals surface area contributed by atoms with Crippen LogP contribution in [0.15, 0.2) is 47.6 Å². The molecule has 20 heavy (non-hydrogen) atoms. The first-order chi connectivity index (χ1) is 9.81. The van der Waals surface area contributed by atoms with Gasteiger partial charge in [0.1, 0.15) is 0 Å². The maximum absolute atomic E-state index is 11.9. The number of benzene rings is 1. The van der Waals surface area contributed by atoms with E-state index in [2.05, 4.69) is 10.3 Å². The number of ether oxygens (including phenoxy) is 2. The summed E-state index contributed by atoms with van der Waals surface area (Å²) in [7, 11) is 0. The number of pyridine rings is 1. The van der Waals surface area contributed by atoms with Crippen molar-refractivity contribution in [3.8, 4) is 11.5 Å². The number of carbonyl (C=O) groups is 1. The zero-order valence-corrected chi connectivity index (χ0v) is 11.4. The summed E-state index contributed by atoms with van der Waals surface area (Å²) < 4.78 is 10.5. The van der Waals surface area contributed by atoms with Crippen molar-refractivity contribution in [1.82, 2.24) is 4.98 Å². The largest absolute Gasteiger partial charge is 0.454 e. The number of amides is 1. The number of fused-ring (bicyclic) bond motifs is 1. The summed E-state index contributed by atoms with van der Waals surface area (Å²) in [5.74, 6) is 1.64. The molecule has 6 heteroatoms. The molecule has 0 atom stereocenters. The van der Waals surface area contributed by atoms with Gasteiger partial charge in [0.05, 0.1) is 5.75 Å². The molecule has 0 fully saturated rings. The highest BCUT2D eigenvalue weighted by atomic mass is 32.2. The molecule has 1 aliphatic rings. The van der Waals surface area contributed by atoms with E-state index in [4.69, 9.17) is 9.47 Å². The van der Waals surface area contributed by atoms with Gasteiger partial charge in [0.15, 0.2) is 11.5 Å². The average Bonchev–Trinajstić information content (AvgIpc) is 2.94. The lowest BCUT2D eigenvalue weighted by Gasteiger charge is -2.06. The Morgan fingerprint density at radius 1 is 1.20 bits per heavy atom. The fourth-order valence-electron chi connectivity index (χ4n) is 1.75. The number of thioether (sulfide) groups is 1. The molecule has 0 saturated carbocycles. The molecular formula is C14H12N2O3S. The lowest BCUT2D eigenvalue weighted by atomic mass is 10.3. The maximum Gasteiger partial charge on any atom is 0.234 e. The van der Waals surface area contributed by atoms with Gasteiger partial charge in [0, 0.05) is 29.0 Å². The average molecular weight is 288 g/mol. The Kier molecular flexibility index (Phi) is 3.73. The second-order valence-electron chi connectivity index (χ2n) is 4.09. The Morgan fingerprint density at radius 2 is 2.00 bits per heavy atom. The number of nitrogens with zero attached hydrogens (tertiary/aromatic N) is 1. The molecule has 0 bridgehead atoms. The molecule has 5 nitrogen and oxygen atoms in total. The van der Waals surface area contributed by atoms with Crippen molar-refractivity contribution in [2.24, 2.45) is 0 Å². The van der Waals surface area contributed by atoms with Crippen LogP contribution in [0, 0.1) is 0 Å². The van der Waals surface area contributed by atoms with Crippen LogP contribution < -0.4 is 14.8 Å². The van der Waals surface area contributed by atoms with Gasteiger partial charge in [-0.2, -0.15) is 0 Å². The zero-order valence-electron chi connectivity index (χ0n) is 10.5. The molecule has 0 unspecified atom stereocenters. The lowest BCUT2D eigenvalue weighted by molar-refractivity contribution is -0.113. The van der Waals surface area contributed by atoms with E-state index in [0.29, 0.717) is 22.9 Å². The van der Waals surface area contributed by atoms with Crippen LogP contribution in [0.5, 0.6) is 11.5 Å². The van der Waals surface area contributed by atoms with Gasteiger partial charge in [-0.1, -0.05) is 0 Å². The van der Waals surface area contributed by atoms with E-state index >= 15 is 0 Å². The van der Waals surface area contributed by atoms with Crippen molar-refractivity contribution >= 4 is 23.4 Å². The molecule has 1 N–H and O–H groups in total. The van der Waals surface area contributed by atoms with E-state index in [1.54, 1.807) is 30.6 Å². The molecule has 0 spiro atoms. The number of anilines is 1. The minimum Gasteiger partial charge on any atom is -0.454 e. The molecule has 1 amide bonds. The fourth-order valence-corrected chi connectivity index (χ4v) is 2.44. The SMILES string of the molecule is O=C(CSc1ccncc1)Nc1ccc2c(c1)OCO2. The second kappa shape index (κ2) is 5.83. The van der Waals surface area contributed by atoms with Crippen molar-refractivity contribution in [1.29, 1.82) is 0 Å². The maximum atomic E-state index is 11.9. The van der Waals surface area contributed by atoms with Gasteiger partial charge in [-0.15, -0.1) is 11.8 Å². The van der Waals surface area contributed by atoms with E-state index in [1.807, 2.05) is 12.1 Å². The topological polar surface area (TPSA) is 60.5 Å². The Hall–Kier alpha value is -2.21. The van der Waals surface area contributed by atoms with Gasteiger partial charge in [-0.3, -0.25) is 9.78 Å². The third-order valence-corrected chi connectivity index (χ3v) is 3.69. The van der Waals surface area contributed by atoms with Gasteiger partial charge in [-0.25, -0.2) is 0 Å². The molecule has 3 rings (SSSR count). The summed E-state index contributed by atoms with van der Waals surface area (Å²) in [6.07, 6.45) is 3.41. The summed E-state index contributed by atoms with van der Waals surface area (Å²) >= 11 is 1.47. The zero-order chi connectivity index (χ0) is 13.8. The monoisotopic (exact) mass is 288 g/mol. The van der Waals surface area contributed by atoms with Crippen molar-refractivity contribution < 1.29 is 14.3 Å². The van der Waals surface area contributed by atoms with E-state index < -0.39 is 0 Å². The second-order valence-corrected chi connectivity index (χ2v) is 5.14. The highest BCUT2D eigenvalue weighted by molar-refractivity contribution is 8.00. The van der Waals surface area contributed by atoms with Gasteiger partial charge >= 0.3 is 0 Å². The lowest BCUT2D eigenvalue weighted by Crippen LogP contribution is -2.13. The van der Waals surface area contributed by atoms with Crippen molar-refractivity contribution in [3.63, 3.8) is 0 Å². The summed E-state index contributed by atoms with van der Waals surface area (Å²) in [4.78, 5) is 16.8. The van der Waals surface area contributed by atoms with Crippen LogP contribution in [0.25, 0.3) is 0 Å².